The first-order valence-corrected chi connectivity index (χ1v) is 9.87. The van der Waals surface area contributed by atoms with Gasteiger partial charge in [0, 0.05) is 43.0 Å². The van der Waals surface area contributed by atoms with Crippen molar-refractivity contribution >= 4 is 11.6 Å². The monoisotopic (exact) mass is 444 g/mol. The van der Waals surface area contributed by atoms with Gasteiger partial charge in [-0.2, -0.15) is 18.3 Å². The molecule has 1 aromatic heterocycles. The second-order valence-electron chi connectivity index (χ2n) is 7.81. The van der Waals surface area contributed by atoms with E-state index in [4.69, 9.17) is 9.47 Å². The third-order valence-corrected chi connectivity index (χ3v) is 5.59. The molecule has 0 fully saturated rings. The fourth-order valence-electron chi connectivity index (χ4n) is 4.01. The molecule has 0 saturated carbocycles. The summed E-state index contributed by atoms with van der Waals surface area (Å²) in [6.07, 6.45) is -4.55. The molecule has 0 spiro atoms. The fourth-order valence-corrected chi connectivity index (χ4v) is 4.01. The van der Waals surface area contributed by atoms with Gasteiger partial charge in [-0.25, -0.2) is 4.68 Å². The molecule has 7 nitrogen and oxygen atoms in total. The number of ether oxygens (including phenoxy) is 2. The van der Waals surface area contributed by atoms with Gasteiger partial charge in [0.15, 0.2) is 17.2 Å². The van der Waals surface area contributed by atoms with Gasteiger partial charge in [0.25, 0.3) is 5.91 Å². The maximum Gasteiger partial charge on any atom is 0.435 e. The van der Waals surface area contributed by atoms with E-state index in [9.17, 15) is 18.0 Å². The van der Waals surface area contributed by atoms with Gasteiger partial charge in [-0.1, -0.05) is 6.07 Å². The van der Waals surface area contributed by atoms with Crippen LogP contribution in [0.4, 0.5) is 18.9 Å². The summed E-state index contributed by atoms with van der Waals surface area (Å²) in [6, 6.07) is 11.6. The Morgan fingerprint density at radius 2 is 1.88 bits per heavy atom. The van der Waals surface area contributed by atoms with Crippen LogP contribution in [0.15, 0.2) is 42.5 Å². The van der Waals surface area contributed by atoms with Gasteiger partial charge in [-0.15, -0.1) is 0 Å². The van der Waals surface area contributed by atoms with Crippen molar-refractivity contribution in [3.8, 4) is 17.2 Å². The van der Waals surface area contributed by atoms with Gasteiger partial charge in [-0.05, 0) is 37.4 Å². The van der Waals surface area contributed by atoms with Crippen molar-refractivity contribution in [3.05, 3.63) is 65.0 Å². The second kappa shape index (κ2) is 7.27. The van der Waals surface area contributed by atoms with Gasteiger partial charge >= 0.3 is 6.18 Å². The molecule has 32 heavy (non-hydrogen) atoms. The maximum atomic E-state index is 13.5. The van der Waals surface area contributed by atoms with Crippen molar-refractivity contribution in [1.29, 1.82) is 0 Å². The number of alkyl halides is 3. The number of aromatic nitrogens is 2. The lowest BCUT2D eigenvalue weighted by Crippen LogP contribution is -2.26. The quantitative estimate of drug-likeness (QED) is 0.615. The Kier molecular flexibility index (Phi) is 4.63. The summed E-state index contributed by atoms with van der Waals surface area (Å²) in [5.41, 5.74) is 1.10. The normalized spacial score (nSPS) is 15.2. The van der Waals surface area contributed by atoms with Crippen LogP contribution in [0.5, 0.6) is 11.5 Å². The molecule has 0 unspecified atom stereocenters. The number of nitrogens with zero attached hydrogens (tertiary/aromatic N) is 4. The minimum Gasteiger partial charge on any atom is -0.454 e. The van der Waals surface area contributed by atoms with Gasteiger partial charge in [-0.3, -0.25) is 9.69 Å². The van der Waals surface area contributed by atoms with Crippen LogP contribution < -0.4 is 14.4 Å². The first-order chi connectivity index (χ1) is 15.2. The summed E-state index contributed by atoms with van der Waals surface area (Å²) in [6.45, 7) is 0.644. The van der Waals surface area contributed by atoms with E-state index in [1.165, 1.54) is 9.58 Å². The predicted molar refractivity (Wildman–Crippen MR) is 109 cm³/mol. The molecule has 1 amide bonds. The first kappa shape index (κ1) is 20.4. The second-order valence-corrected chi connectivity index (χ2v) is 7.81. The van der Waals surface area contributed by atoms with Crippen LogP contribution in [0.2, 0.25) is 0 Å². The number of carbonyl (C=O) groups excluding carboxylic acids is 1. The molecule has 0 bridgehead atoms. The predicted octanol–water partition coefficient (Wildman–Crippen LogP) is 3.84. The molecule has 0 radical (unpaired) electrons. The number of anilines is 1. The van der Waals surface area contributed by atoms with Crippen LogP contribution in [0.3, 0.4) is 0 Å². The summed E-state index contributed by atoms with van der Waals surface area (Å²) in [4.78, 5) is 16.4. The molecule has 2 aliphatic rings. The van der Waals surface area contributed by atoms with Crippen LogP contribution in [0.1, 0.15) is 27.3 Å². The van der Waals surface area contributed by atoms with Crippen molar-refractivity contribution in [2.24, 2.45) is 0 Å². The van der Waals surface area contributed by atoms with E-state index in [0.717, 1.165) is 0 Å². The molecule has 2 aromatic carbocycles. The zero-order valence-corrected chi connectivity index (χ0v) is 17.3. The standard InChI is InChI=1S/C22H19F3N4O3/c1-27-10-16-17(11-27)29(26-20(16)22(23,24)25)15-5-3-4-13(8-15)21(30)28(2)14-6-7-18-19(9-14)32-12-31-18/h3-9H,10-12H2,1-2H3. The van der Waals surface area contributed by atoms with E-state index in [0.29, 0.717) is 40.7 Å². The van der Waals surface area contributed by atoms with Crippen molar-refractivity contribution in [3.63, 3.8) is 0 Å². The van der Waals surface area contributed by atoms with Crippen LogP contribution in [0.25, 0.3) is 5.69 Å². The Morgan fingerprint density at radius 1 is 1.09 bits per heavy atom. The van der Waals surface area contributed by atoms with Crippen LogP contribution in [-0.4, -0.2) is 41.5 Å². The Hall–Kier alpha value is -3.53. The number of amides is 1. The van der Waals surface area contributed by atoms with Crippen molar-refractivity contribution in [2.75, 3.05) is 25.8 Å². The molecule has 10 heteroatoms. The van der Waals surface area contributed by atoms with E-state index in [1.807, 2.05) is 0 Å². The third kappa shape index (κ3) is 3.36. The lowest BCUT2D eigenvalue weighted by atomic mass is 10.1. The topological polar surface area (TPSA) is 59.8 Å². The molecule has 0 aliphatic carbocycles. The highest BCUT2D eigenvalue weighted by Gasteiger charge is 2.41. The molecule has 0 N–H and O–H groups in total. The van der Waals surface area contributed by atoms with E-state index in [-0.39, 0.29) is 24.8 Å². The molecule has 2 aliphatic heterocycles. The van der Waals surface area contributed by atoms with E-state index >= 15 is 0 Å². The third-order valence-electron chi connectivity index (χ3n) is 5.59. The van der Waals surface area contributed by atoms with Gasteiger partial charge in [0.1, 0.15) is 0 Å². The number of hydrogen-bond acceptors (Lipinski definition) is 5. The van der Waals surface area contributed by atoms with E-state index in [2.05, 4.69) is 5.10 Å². The largest absolute Gasteiger partial charge is 0.454 e. The smallest absolute Gasteiger partial charge is 0.435 e. The number of benzene rings is 2. The van der Waals surface area contributed by atoms with Crippen molar-refractivity contribution in [1.82, 2.24) is 14.7 Å². The minimum absolute atomic E-state index is 0.127. The maximum absolute atomic E-state index is 13.5. The number of halogens is 3. The highest BCUT2D eigenvalue weighted by molar-refractivity contribution is 6.06. The molecule has 166 valence electrons. The highest BCUT2D eigenvalue weighted by Crippen LogP contribution is 2.38. The molecule has 3 heterocycles. The van der Waals surface area contributed by atoms with E-state index < -0.39 is 11.9 Å². The Morgan fingerprint density at radius 3 is 2.66 bits per heavy atom. The van der Waals surface area contributed by atoms with Gasteiger partial charge in [0.05, 0.1) is 11.4 Å². The van der Waals surface area contributed by atoms with Crippen LogP contribution in [0, 0.1) is 0 Å². The summed E-state index contributed by atoms with van der Waals surface area (Å²) in [7, 11) is 3.37. The lowest BCUT2D eigenvalue weighted by Gasteiger charge is -2.18. The number of fused-ring (bicyclic) bond motifs is 2. The average Bonchev–Trinajstić information content (AvgIpc) is 3.46. The summed E-state index contributed by atoms with van der Waals surface area (Å²) in [5, 5.41) is 3.86. The van der Waals surface area contributed by atoms with Crippen molar-refractivity contribution in [2.45, 2.75) is 19.3 Å². The molecule has 3 aromatic rings. The van der Waals surface area contributed by atoms with Crippen LogP contribution in [-0.2, 0) is 19.3 Å². The number of hydrogen-bond donors (Lipinski definition) is 0. The Labute approximate surface area is 181 Å². The molecular formula is C22H19F3N4O3. The van der Waals surface area contributed by atoms with Gasteiger partial charge < -0.3 is 14.4 Å². The zero-order valence-electron chi connectivity index (χ0n) is 17.3. The number of rotatable bonds is 3. The minimum atomic E-state index is -4.55. The lowest BCUT2D eigenvalue weighted by molar-refractivity contribution is -0.142. The van der Waals surface area contributed by atoms with Gasteiger partial charge in [0.2, 0.25) is 6.79 Å². The highest BCUT2D eigenvalue weighted by atomic mass is 19.4. The molecular weight excluding hydrogens is 425 g/mol. The molecule has 0 saturated heterocycles. The Balaban J connectivity index is 1.49. The SMILES string of the molecule is CN1Cc2c(C(F)(F)F)nn(-c3cccc(C(=O)N(C)c4ccc5c(c4)OCO5)c3)c2C1. The Bertz CT molecular complexity index is 1220. The summed E-state index contributed by atoms with van der Waals surface area (Å²) in [5.74, 6) is 0.837. The fraction of sp³-hybridized carbons (Fsp3) is 0.273. The first-order valence-electron chi connectivity index (χ1n) is 9.87. The van der Waals surface area contributed by atoms with E-state index in [1.54, 1.807) is 61.5 Å². The summed E-state index contributed by atoms with van der Waals surface area (Å²) < 4.78 is 52.5. The molecule has 5 rings (SSSR count). The van der Waals surface area contributed by atoms with Crippen molar-refractivity contribution < 1.29 is 27.4 Å². The van der Waals surface area contributed by atoms with Crippen LogP contribution >= 0.6 is 0 Å². The average molecular weight is 444 g/mol. The number of carbonyl (C=O) groups is 1. The summed E-state index contributed by atoms with van der Waals surface area (Å²) >= 11 is 0. The zero-order chi connectivity index (χ0) is 22.6. The molecule has 0 atom stereocenters.